The Morgan fingerprint density at radius 2 is 2.18 bits per heavy atom. The third-order valence-corrected chi connectivity index (χ3v) is 1.90. The second kappa shape index (κ2) is 3.30. The van der Waals surface area contributed by atoms with Gasteiger partial charge in [-0.2, -0.15) is 0 Å². The molecule has 0 spiro atoms. The molecule has 1 aromatic heterocycles. The minimum atomic E-state index is 0.0200. The third kappa shape index (κ3) is 2.25. The van der Waals surface area contributed by atoms with Crippen LogP contribution in [0.2, 0.25) is 0 Å². The highest BCUT2D eigenvalue weighted by Gasteiger charge is 2.01. The van der Waals surface area contributed by atoms with Crippen LogP contribution in [-0.4, -0.2) is 10.8 Å². The van der Waals surface area contributed by atoms with Crippen molar-refractivity contribution in [2.24, 2.45) is 0 Å². The maximum absolute atomic E-state index is 10.9. The Kier molecular flexibility index (Phi) is 2.59. The first kappa shape index (κ1) is 8.64. The zero-order valence-corrected chi connectivity index (χ0v) is 8.55. The van der Waals surface area contributed by atoms with Crippen LogP contribution < -0.4 is 0 Å². The number of nitrogens with zero attached hydrogens (tertiary/aromatic N) is 1. The number of halogens is 1. The number of carbonyl (C=O) groups is 1. The largest absolute Gasteiger partial charge is 0.293 e. The Morgan fingerprint density at radius 3 is 2.64 bits per heavy atom. The van der Waals surface area contributed by atoms with Crippen LogP contribution in [-0.2, 0) is 0 Å². The summed E-state index contributed by atoms with van der Waals surface area (Å²) >= 11 is 2.17. The van der Waals surface area contributed by atoms with E-state index in [9.17, 15) is 4.79 Å². The molecule has 0 saturated heterocycles. The number of aryl methyl sites for hydroxylation is 1. The third-order valence-electron chi connectivity index (χ3n) is 1.28. The number of hydrogen-bond acceptors (Lipinski definition) is 2. The quantitative estimate of drug-likeness (QED) is 0.573. The van der Waals surface area contributed by atoms with Crippen LogP contribution in [0.3, 0.4) is 0 Å². The van der Waals surface area contributed by atoms with Gasteiger partial charge in [0, 0.05) is 16.2 Å². The van der Waals surface area contributed by atoms with Gasteiger partial charge in [-0.25, -0.2) is 4.98 Å². The molecule has 1 heterocycles. The molecule has 2 nitrogen and oxygen atoms in total. The summed E-state index contributed by atoms with van der Waals surface area (Å²) < 4.78 is 1.06. The van der Waals surface area contributed by atoms with Gasteiger partial charge in [0.1, 0.15) is 5.69 Å². The summed E-state index contributed by atoms with van der Waals surface area (Å²) in [6.45, 7) is 3.41. The highest BCUT2D eigenvalue weighted by Crippen LogP contribution is 2.08. The zero-order chi connectivity index (χ0) is 8.43. The van der Waals surface area contributed by atoms with Crippen LogP contribution in [0.5, 0.6) is 0 Å². The number of aromatic nitrogens is 1. The van der Waals surface area contributed by atoms with Crippen molar-refractivity contribution in [3.8, 4) is 0 Å². The lowest BCUT2D eigenvalue weighted by Crippen LogP contribution is -1.98. The summed E-state index contributed by atoms with van der Waals surface area (Å²) in [5.74, 6) is 0.0200. The summed E-state index contributed by atoms with van der Waals surface area (Å²) in [5.41, 5.74) is 1.44. The molecule has 58 valence electrons. The maximum atomic E-state index is 10.9. The van der Waals surface area contributed by atoms with E-state index in [1.807, 2.05) is 13.0 Å². The molecule has 0 bridgehead atoms. The van der Waals surface area contributed by atoms with Gasteiger partial charge in [0.25, 0.3) is 0 Å². The van der Waals surface area contributed by atoms with Crippen molar-refractivity contribution in [2.45, 2.75) is 13.8 Å². The number of Topliss-reactive ketones (excluding diaryl/α,β-unsaturated/α-hetero) is 1. The van der Waals surface area contributed by atoms with Crippen molar-refractivity contribution in [2.75, 3.05) is 0 Å². The van der Waals surface area contributed by atoms with Crippen molar-refractivity contribution in [1.82, 2.24) is 4.98 Å². The fraction of sp³-hybridized carbons (Fsp3) is 0.250. The minimum Gasteiger partial charge on any atom is -0.293 e. The average Bonchev–Trinajstić information content (AvgIpc) is 1.85. The highest BCUT2D eigenvalue weighted by atomic mass is 127. The molecule has 0 atom stereocenters. The standard InChI is InChI=1S/C8H8INO/c1-5-3-7(9)4-8(10-5)6(2)11/h3-4H,1-2H3. The zero-order valence-electron chi connectivity index (χ0n) is 6.39. The lowest BCUT2D eigenvalue weighted by Gasteiger charge is -1.97. The Morgan fingerprint density at radius 1 is 1.55 bits per heavy atom. The Balaban J connectivity index is 3.19. The lowest BCUT2D eigenvalue weighted by atomic mass is 10.2. The van der Waals surface area contributed by atoms with Gasteiger partial charge >= 0.3 is 0 Å². The SMILES string of the molecule is CC(=O)c1cc(I)cc(C)n1. The van der Waals surface area contributed by atoms with Crippen molar-refractivity contribution < 1.29 is 4.79 Å². The van der Waals surface area contributed by atoms with E-state index in [1.54, 1.807) is 6.07 Å². The van der Waals surface area contributed by atoms with Crippen LogP contribution in [0.15, 0.2) is 12.1 Å². The van der Waals surface area contributed by atoms with Gasteiger partial charge in [-0.05, 0) is 41.6 Å². The molecule has 0 aliphatic heterocycles. The highest BCUT2D eigenvalue weighted by molar-refractivity contribution is 14.1. The monoisotopic (exact) mass is 261 g/mol. The predicted molar refractivity (Wildman–Crippen MR) is 51.7 cm³/mol. The van der Waals surface area contributed by atoms with Crippen LogP contribution in [0.25, 0.3) is 0 Å². The second-order valence-corrected chi connectivity index (χ2v) is 3.61. The van der Waals surface area contributed by atoms with Crippen molar-refractivity contribution >= 4 is 28.4 Å². The van der Waals surface area contributed by atoms with E-state index in [0.717, 1.165) is 9.26 Å². The fourth-order valence-electron chi connectivity index (χ4n) is 0.807. The van der Waals surface area contributed by atoms with Gasteiger partial charge in [0.05, 0.1) is 0 Å². The van der Waals surface area contributed by atoms with E-state index in [2.05, 4.69) is 27.6 Å². The minimum absolute atomic E-state index is 0.0200. The first-order valence-electron chi connectivity index (χ1n) is 3.25. The van der Waals surface area contributed by atoms with Crippen molar-refractivity contribution in [3.05, 3.63) is 27.1 Å². The van der Waals surface area contributed by atoms with E-state index >= 15 is 0 Å². The van der Waals surface area contributed by atoms with Crippen molar-refractivity contribution in [1.29, 1.82) is 0 Å². The summed E-state index contributed by atoms with van der Waals surface area (Å²) in [6.07, 6.45) is 0. The van der Waals surface area contributed by atoms with Gasteiger partial charge in [-0.1, -0.05) is 0 Å². The summed E-state index contributed by atoms with van der Waals surface area (Å²) in [5, 5.41) is 0. The van der Waals surface area contributed by atoms with E-state index in [0.29, 0.717) is 5.69 Å². The summed E-state index contributed by atoms with van der Waals surface area (Å²) in [4.78, 5) is 15.0. The molecule has 0 aromatic carbocycles. The summed E-state index contributed by atoms with van der Waals surface area (Å²) in [6, 6.07) is 3.73. The molecule has 0 N–H and O–H groups in total. The van der Waals surface area contributed by atoms with E-state index < -0.39 is 0 Å². The predicted octanol–water partition coefficient (Wildman–Crippen LogP) is 2.20. The molecule has 0 amide bonds. The molecule has 1 rings (SSSR count). The molecule has 0 unspecified atom stereocenters. The molecular weight excluding hydrogens is 253 g/mol. The molecular formula is C8H8INO. The molecule has 11 heavy (non-hydrogen) atoms. The van der Waals surface area contributed by atoms with Crippen LogP contribution >= 0.6 is 22.6 Å². The Hall–Kier alpha value is -0.450. The van der Waals surface area contributed by atoms with Crippen LogP contribution in [0.1, 0.15) is 23.1 Å². The van der Waals surface area contributed by atoms with Gasteiger partial charge < -0.3 is 0 Å². The van der Waals surface area contributed by atoms with E-state index in [-0.39, 0.29) is 5.78 Å². The smallest absolute Gasteiger partial charge is 0.178 e. The number of ketones is 1. The Labute approximate surface area is 79.2 Å². The molecule has 0 aliphatic carbocycles. The lowest BCUT2D eigenvalue weighted by molar-refractivity contribution is 0.101. The van der Waals surface area contributed by atoms with Crippen molar-refractivity contribution in [3.63, 3.8) is 0 Å². The van der Waals surface area contributed by atoms with Crippen LogP contribution in [0, 0.1) is 10.5 Å². The van der Waals surface area contributed by atoms with Gasteiger partial charge in [0.15, 0.2) is 5.78 Å². The van der Waals surface area contributed by atoms with E-state index in [4.69, 9.17) is 0 Å². The van der Waals surface area contributed by atoms with Gasteiger partial charge in [-0.3, -0.25) is 4.79 Å². The first-order chi connectivity index (χ1) is 5.09. The normalized spacial score (nSPS) is 9.73. The molecule has 0 radical (unpaired) electrons. The molecule has 0 saturated carbocycles. The molecule has 0 fully saturated rings. The summed E-state index contributed by atoms with van der Waals surface area (Å²) in [7, 11) is 0. The van der Waals surface area contributed by atoms with Crippen LogP contribution in [0.4, 0.5) is 0 Å². The molecule has 1 aromatic rings. The number of rotatable bonds is 1. The van der Waals surface area contributed by atoms with Gasteiger partial charge in [-0.15, -0.1) is 0 Å². The molecule has 3 heteroatoms. The average molecular weight is 261 g/mol. The first-order valence-corrected chi connectivity index (χ1v) is 4.32. The molecule has 0 aliphatic rings. The van der Waals surface area contributed by atoms with E-state index in [1.165, 1.54) is 6.92 Å². The maximum Gasteiger partial charge on any atom is 0.178 e. The number of pyridine rings is 1. The Bertz CT molecular complexity index is 276. The second-order valence-electron chi connectivity index (χ2n) is 2.37. The number of hydrogen-bond donors (Lipinski definition) is 0. The fourth-order valence-corrected chi connectivity index (χ4v) is 1.55. The van der Waals surface area contributed by atoms with Gasteiger partial charge in [0.2, 0.25) is 0 Å². The number of carbonyl (C=O) groups excluding carboxylic acids is 1. The topological polar surface area (TPSA) is 30.0 Å².